The summed E-state index contributed by atoms with van der Waals surface area (Å²) in [7, 11) is 0. The number of halogens is 2. The normalized spacial score (nSPS) is 14.1. The molecule has 0 unspecified atom stereocenters. The number of benzene rings is 3. The predicted octanol–water partition coefficient (Wildman–Crippen LogP) is 5.94. The summed E-state index contributed by atoms with van der Waals surface area (Å²) < 4.78 is 7.10. The van der Waals surface area contributed by atoms with Crippen LogP contribution >= 0.6 is 28.3 Å². The molecule has 1 aromatic heterocycles. The second-order valence-electron chi connectivity index (χ2n) is 8.02. The van der Waals surface area contributed by atoms with E-state index in [1.165, 1.54) is 5.56 Å². The van der Waals surface area contributed by atoms with E-state index in [-0.39, 0.29) is 18.3 Å². The Morgan fingerprint density at radius 2 is 1.76 bits per heavy atom. The van der Waals surface area contributed by atoms with Crippen molar-refractivity contribution in [2.24, 2.45) is 0 Å². The smallest absolute Gasteiger partial charge is 0.255 e. The van der Waals surface area contributed by atoms with Gasteiger partial charge in [-0.2, -0.15) is 0 Å². The minimum Gasteiger partial charge on any atom is -0.456 e. The Hall–Kier alpha value is -2.64. The lowest BCUT2D eigenvalue weighted by Gasteiger charge is -2.27. The van der Waals surface area contributed by atoms with Crippen LogP contribution in [-0.4, -0.2) is 37.0 Å². The lowest BCUT2D eigenvalue weighted by Crippen LogP contribution is -2.42. The van der Waals surface area contributed by atoms with Crippen LogP contribution in [0.1, 0.15) is 15.9 Å². The highest BCUT2D eigenvalue weighted by atomic mass is 79.9. The summed E-state index contributed by atoms with van der Waals surface area (Å²) in [6, 6.07) is 23.5. The lowest BCUT2D eigenvalue weighted by atomic mass is 10.1. The topological polar surface area (TPSA) is 57.5 Å². The number of fused-ring (bicyclic) bond motifs is 1. The van der Waals surface area contributed by atoms with Crippen molar-refractivity contribution in [3.05, 3.63) is 88.4 Å². The number of nitrogens with one attached hydrogen (secondary N) is 2. The Balaban J connectivity index is 0.00000259. The molecule has 1 aliphatic heterocycles. The minimum absolute atomic E-state index is 0. The number of amides is 1. The summed E-state index contributed by atoms with van der Waals surface area (Å²) >= 11 is 3.40. The van der Waals surface area contributed by atoms with E-state index in [1.54, 1.807) is 12.1 Å². The van der Waals surface area contributed by atoms with Gasteiger partial charge in [0, 0.05) is 53.7 Å². The highest BCUT2D eigenvalue weighted by molar-refractivity contribution is 9.10. The maximum absolute atomic E-state index is 12.7. The van der Waals surface area contributed by atoms with Gasteiger partial charge in [0.05, 0.1) is 5.69 Å². The summed E-state index contributed by atoms with van der Waals surface area (Å²) in [6.45, 7) is 5.17. The number of hydrogen-bond acceptors (Lipinski definition) is 4. The summed E-state index contributed by atoms with van der Waals surface area (Å²) in [5.74, 6) is 0.588. The van der Waals surface area contributed by atoms with Gasteiger partial charge in [0.1, 0.15) is 11.3 Å². The van der Waals surface area contributed by atoms with E-state index in [4.69, 9.17) is 4.42 Å². The predicted molar refractivity (Wildman–Crippen MR) is 139 cm³/mol. The van der Waals surface area contributed by atoms with Gasteiger partial charge in [-0.05, 0) is 60.2 Å². The molecule has 0 bridgehead atoms. The van der Waals surface area contributed by atoms with Crippen LogP contribution in [0, 0.1) is 0 Å². The van der Waals surface area contributed by atoms with Crippen LogP contribution in [0.5, 0.6) is 0 Å². The van der Waals surface area contributed by atoms with Crippen molar-refractivity contribution in [1.29, 1.82) is 0 Å². The van der Waals surface area contributed by atoms with Crippen LogP contribution in [0.15, 0.2) is 81.7 Å². The van der Waals surface area contributed by atoms with Crippen LogP contribution in [0.3, 0.4) is 0 Å². The van der Waals surface area contributed by atoms with Crippen LogP contribution in [-0.2, 0) is 6.54 Å². The Morgan fingerprint density at radius 3 is 2.55 bits per heavy atom. The third kappa shape index (κ3) is 5.47. The maximum atomic E-state index is 12.7. The van der Waals surface area contributed by atoms with E-state index in [0.717, 1.165) is 65.2 Å². The molecule has 5 nitrogen and oxygen atoms in total. The first kappa shape index (κ1) is 23.5. The summed E-state index contributed by atoms with van der Waals surface area (Å²) in [6.07, 6.45) is 0. The van der Waals surface area contributed by atoms with Crippen molar-refractivity contribution in [3.8, 4) is 11.3 Å². The van der Waals surface area contributed by atoms with E-state index in [1.807, 2.05) is 42.5 Å². The highest BCUT2D eigenvalue weighted by Crippen LogP contribution is 2.33. The van der Waals surface area contributed by atoms with Crippen molar-refractivity contribution < 1.29 is 9.21 Å². The van der Waals surface area contributed by atoms with E-state index in [0.29, 0.717) is 5.56 Å². The second-order valence-corrected chi connectivity index (χ2v) is 8.93. The largest absolute Gasteiger partial charge is 0.456 e. The number of furan rings is 1. The monoisotopic (exact) mass is 525 g/mol. The van der Waals surface area contributed by atoms with E-state index < -0.39 is 0 Å². The first-order valence-corrected chi connectivity index (χ1v) is 11.6. The SMILES string of the molecule is Cl.O=C(Nc1ccccc1-c1cc2cc(CN3CCNCC3)ccc2o1)c1ccc(Br)cc1. The number of para-hydroxylation sites is 1. The van der Waals surface area contributed by atoms with Crippen LogP contribution in [0.4, 0.5) is 5.69 Å². The fourth-order valence-corrected chi connectivity index (χ4v) is 4.32. The zero-order valence-electron chi connectivity index (χ0n) is 18.0. The zero-order chi connectivity index (χ0) is 21.9. The molecule has 1 amide bonds. The molecule has 0 spiro atoms. The molecule has 4 aromatic rings. The number of rotatable bonds is 5. The van der Waals surface area contributed by atoms with Gasteiger partial charge in [-0.1, -0.05) is 34.1 Å². The molecule has 0 aliphatic carbocycles. The molecule has 2 heterocycles. The highest BCUT2D eigenvalue weighted by Gasteiger charge is 2.15. The number of nitrogens with zero attached hydrogens (tertiary/aromatic N) is 1. The molecular formula is C26H25BrClN3O2. The average molecular weight is 527 g/mol. The van der Waals surface area contributed by atoms with E-state index >= 15 is 0 Å². The van der Waals surface area contributed by atoms with Gasteiger partial charge in [0.15, 0.2) is 0 Å². The molecule has 7 heteroatoms. The standard InChI is InChI=1S/C26H24BrN3O2.ClH/c27-21-8-6-19(7-9-21)26(31)29-23-4-2-1-3-22(23)25-16-20-15-18(5-10-24(20)32-25)17-30-13-11-28-12-14-30;/h1-10,15-16,28H,11-14,17H2,(H,29,31);1H. The Morgan fingerprint density at radius 1 is 1.00 bits per heavy atom. The quantitative estimate of drug-likeness (QED) is 0.338. The van der Waals surface area contributed by atoms with Gasteiger partial charge < -0.3 is 15.1 Å². The Bertz CT molecular complexity index is 1250. The van der Waals surface area contributed by atoms with Crippen molar-refractivity contribution in [1.82, 2.24) is 10.2 Å². The van der Waals surface area contributed by atoms with Crippen molar-refractivity contribution in [2.45, 2.75) is 6.54 Å². The van der Waals surface area contributed by atoms with Gasteiger partial charge in [0.2, 0.25) is 0 Å². The van der Waals surface area contributed by atoms with Crippen LogP contribution in [0.25, 0.3) is 22.3 Å². The van der Waals surface area contributed by atoms with E-state index in [9.17, 15) is 4.79 Å². The third-order valence-corrected chi connectivity index (χ3v) is 6.27. The van der Waals surface area contributed by atoms with Crippen molar-refractivity contribution in [3.63, 3.8) is 0 Å². The van der Waals surface area contributed by atoms with Gasteiger partial charge >= 0.3 is 0 Å². The number of carbonyl (C=O) groups is 1. The Labute approximate surface area is 207 Å². The summed E-state index contributed by atoms with van der Waals surface area (Å²) in [5, 5.41) is 7.49. The average Bonchev–Trinajstić information content (AvgIpc) is 3.24. The first-order valence-electron chi connectivity index (χ1n) is 10.8. The van der Waals surface area contributed by atoms with E-state index in [2.05, 4.69) is 49.7 Å². The number of hydrogen-bond donors (Lipinski definition) is 2. The molecule has 2 N–H and O–H groups in total. The number of piperazine rings is 1. The maximum Gasteiger partial charge on any atom is 0.255 e. The first-order chi connectivity index (χ1) is 15.7. The summed E-state index contributed by atoms with van der Waals surface area (Å²) in [4.78, 5) is 15.2. The van der Waals surface area contributed by atoms with Crippen LogP contribution in [0.2, 0.25) is 0 Å². The van der Waals surface area contributed by atoms with Gasteiger partial charge in [-0.3, -0.25) is 9.69 Å². The molecule has 1 saturated heterocycles. The fraction of sp³-hybridized carbons (Fsp3) is 0.192. The van der Waals surface area contributed by atoms with Crippen molar-refractivity contribution >= 4 is 50.9 Å². The van der Waals surface area contributed by atoms with Gasteiger partial charge in [-0.15, -0.1) is 12.4 Å². The molecule has 33 heavy (non-hydrogen) atoms. The number of carbonyl (C=O) groups excluding carboxylic acids is 1. The third-order valence-electron chi connectivity index (χ3n) is 5.74. The fourth-order valence-electron chi connectivity index (χ4n) is 4.05. The molecule has 3 aromatic carbocycles. The molecule has 170 valence electrons. The van der Waals surface area contributed by atoms with Gasteiger partial charge in [-0.25, -0.2) is 0 Å². The summed E-state index contributed by atoms with van der Waals surface area (Å²) in [5.41, 5.74) is 4.31. The second kappa shape index (κ2) is 10.5. The Kier molecular flexibility index (Phi) is 7.50. The molecule has 0 radical (unpaired) electrons. The number of anilines is 1. The van der Waals surface area contributed by atoms with Gasteiger partial charge in [0.25, 0.3) is 5.91 Å². The minimum atomic E-state index is -0.153. The van der Waals surface area contributed by atoms with Crippen molar-refractivity contribution in [2.75, 3.05) is 31.5 Å². The molecular weight excluding hydrogens is 502 g/mol. The molecule has 1 aliphatic rings. The molecule has 0 atom stereocenters. The zero-order valence-corrected chi connectivity index (χ0v) is 20.4. The lowest BCUT2D eigenvalue weighted by molar-refractivity contribution is 0.102. The molecule has 5 rings (SSSR count). The van der Waals surface area contributed by atoms with Crippen LogP contribution < -0.4 is 10.6 Å². The molecule has 0 saturated carbocycles. The molecule has 1 fully saturated rings.